The van der Waals surface area contributed by atoms with E-state index >= 15 is 0 Å². The number of H-pyrrole nitrogens is 1. The molecule has 0 radical (unpaired) electrons. The standard InChI is InChI=1S/C23H24N4O/c1-16-24-19-11-5-3-9-17(19)23-22(18-10-4-6-12-20(18)27(16)23)25-21(28)15-26-13-7-2-8-14-26/h3-6,9-12H,2,7-8,13-15H2,1H3,(H,25,28)/p+2. The molecule has 3 N–H and O–H groups in total. The Morgan fingerprint density at radius 1 is 1.04 bits per heavy atom. The molecule has 1 saturated heterocycles. The third-order valence-electron chi connectivity index (χ3n) is 5.94. The van der Waals surface area contributed by atoms with Crippen LogP contribution in [0, 0.1) is 6.92 Å². The maximum atomic E-state index is 12.9. The van der Waals surface area contributed by atoms with Crippen molar-refractivity contribution in [3.8, 4) is 0 Å². The van der Waals surface area contributed by atoms with E-state index in [0.29, 0.717) is 6.54 Å². The number of aryl methyl sites for hydroxylation is 1. The number of likely N-dealkylation sites (tertiary alicyclic amines) is 1. The van der Waals surface area contributed by atoms with Crippen LogP contribution in [0.3, 0.4) is 0 Å². The zero-order valence-electron chi connectivity index (χ0n) is 16.2. The molecule has 0 unspecified atom stereocenters. The number of hydrogen-bond acceptors (Lipinski definition) is 1. The molecular weight excluding hydrogens is 348 g/mol. The smallest absolute Gasteiger partial charge is 0.279 e. The summed E-state index contributed by atoms with van der Waals surface area (Å²) in [7, 11) is 0. The van der Waals surface area contributed by atoms with E-state index < -0.39 is 0 Å². The number of quaternary nitrogens is 1. The number of carbonyl (C=O) groups is 1. The molecule has 1 fully saturated rings. The highest BCUT2D eigenvalue weighted by molar-refractivity contribution is 6.15. The molecule has 0 atom stereocenters. The van der Waals surface area contributed by atoms with Crippen molar-refractivity contribution >= 4 is 38.9 Å². The van der Waals surface area contributed by atoms with Crippen LogP contribution in [0.4, 0.5) is 5.69 Å². The van der Waals surface area contributed by atoms with E-state index in [4.69, 9.17) is 0 Å². The van der Waals surface area contributed by atoms with Gasteiger partial charge in [-0.05, 0) is 43.5 Å². The molecule has 0 spiro atoms. The topological polar surface area (TPSA) is 52.1 Å². The van der Waals surface area contributed by atoms with Crippen molar-refractivity contribution in [1.29, 1.82) is 0 Å². The zero-order chi connectivity index (χ0) is 19.1. The predicted octanol–water partition coefficient (Wildman–Crippen LogP) is 2.38. The normalized spacial score (nSPS) is 15.5. The number of aromatic amines is 1. The Morgan fingerprint density at radius 3 is 2.57 bits per heavy atom. The number of amides is 1. The maximum Gasteiger partial charge on any atom is 0.279 e. The summed E-state index contributed by atoms with van der Waals surface area (Å²) in [6.07, 6.45) is 3.74. The molecule has 4 aromatic rings. The van der Waals surface area contributed by atoms with Gasteiger partial charge in [-0.25, -0.2) is 4.98 Å². The second-order valence-electron chi connectivity index (χ2n) is 7.87. The van der Waals surface area contributed by atoms with Crippen molar-refractivity contribution in [2.24, 2.45) is 0 Å². The molecule has 2 aromatic heterocycles. The molecule has 3 heterocycles. The molecule has 5 rings (SSSR count). The van der Waals surface area contributed by atoms with E-state index in [1.807, 2.05) is 24.3 Å². The Kier molecular flexibility index (Phi) is 4.24. The molecule has 1 aliphatic heterocycles. The summed E-state index contributed by atoms with van der Waals surface area (Å²) in [5.74, 6) is 1.15. The largest absolute Gasteiger partial charge is 0.327 e. The van der Waals surface area contributed by atoms with Gasteiger partial charge < -0.3 is 10.2 Å². The van der Waals surface area contributed by atoms with E-state index in [-0.39, 0.29) is 5.91 Å². The molecule has 1 amide bonds. The van der Waals surface area contributed by atoms with Gasteiger partial charge in [0.15, 0.2) is 12.1 Å². The average molecular weight is 374 g/mol. The molecule has 1 aliphatic rings. The maximum absolute atomic E-state index is 12.9. The van der Waals surface area contributed by atoms with Crippen LogP contribution in [0.25, 0.3) is 27.3 Å². The Balaban J connectivity index is 1.66. The lowest BCUT2D eigenvalue weighted by atomic mass is 10.1. The number of fused-ring (bicyclic) bond motifs is 5. The third-order valence-corrected chi connectivity index (χ3v) is 5.94. The summed E-state index contributed by atoms with van der Waals surface area (Å²) < 4.78 is 2.22. The molecule has 5 heteroatoms. The fraction of sp³-hybridized carbons (Fsp3) is 0.304. The van der Waals surface area contributed by atoms with Crippen molar-refractivity contribution in [1.82, 2.24) is 4.40 Å². The van der Waals surface area contributed by atoms with Crippen LogP contribution in [0.5, 0.6) is 0 Å². The number of nitrogens with zero attached hydrogens (tertiary/aromatic N) is 1. The van der Waals surface area contributed by atoms with Gasteiger partial charge in [0.2, 0.25) is 0 Å². The summed E-state index contributed by atoms with van der Waals surface area (Å²) >= 11 is 0. The van der Waals surface area contributed by atoms with Crippen molar-refractivity contribution in [3.05, 3.63) is 54.4 Å². The molecule has 0 bridgehead atoms. The Morgan fingerprint density at radius 2 is 1.75 bits per heavy atom. The van der Waals surface area contributed by atoms with E-state index in [2.05, 4.69) is 45.9 Å². The minimum Gasteiger partial charge on any atom is -0.327 e. The fourth-order valence-corrected chi connectivity index (χ4v) is 4.66. The summed E-state index contributed by atoms with van der Waals surface area (Å²) in [6.45, 7) is 4.82. The second kappa shape index (κ2) is 6.91. The molecule has 28 heavy (non-hydrogen) atoms. The van der Waals surface area contributed by atoms with Crippen LogP contribution < -0.4 is 15.2 Å². The van der Waals surface area contributed by atoms with Gasteiger partial charge in [0.05, 0.1) is 18.5 Å². The predicted molar refractivity (Wildman–Crippen MR) is 112 cm³/mol. The number of benzene rings is 2. The lowest BCUT2D eigenvalue weighted by Gasteiger charge is -2.22. The Labute approximate surface area is 164 Å². The first kappa shape index (κ1) is 17.2. The lowest BCUT2D eigenvalue weighted by Crippen LogP contribution is -3.13. The number of aromatic nitrogens is 2. The second-order valence-corrected chi connectivity index (χ2v) is 7.87. The van der Waals surface area contributed by atoms with Crippen LogP contribution in [0.15, 0.2) is 48.5 Å². The summed E-state index contributed by atoms with van der Waals surface area (Å²) in [6, 6.07) is 16.6. The third kappa shape index (κ3) is 2.83. The van der Waals surface area contributed by atoms with Gasteiger partial charge in [0, 0.05) is 12.3 Å². The lowest BCUT2D eigenvalue weighted by molar-refractivity contribution is -0.896. The highest BCUT2D eigenvalue weighted by Gasteiger charge is 2.25. The Bertz CT molecular complexity index is 1190. The van der Waals surface area contributed by atoms with Crippen molar-refractivity contribution in [2.75, 3.05) is 25.0 Å². The number of hydrogen-bond donors (Lipinski definition) is 2. The van der Waals surface area contributed by atoms with Crippen LogP contribution in [-0.2, 0) is 4.79 Å². The molecule has 2 aromatic carbocycles. The van der Waals surface area contributed by atoms with Gasteiger partial charge in [0.25, 0.3) is 11.7 Å². The highest BCUT2D eigenvalue weighted by Crippen LogP contribution is 2.35. The molecule has 142 valence electrons. The number of piperidine rings is 1. The quantitative estimate of drug-likeness (QED) is 0.568. The Hall–Kier alpha value is -2.92. The summed E-state index contributed by atoms with van der Waals surface area (Å²) in [4.78, 5) is 17.8. The fourth-order valence-electron chi connectivity index (χ4n) is 4.66. The van der Waals surface area contributed by atoms with Gasteiger partial charge in [0.1, 0.15) is 16.7 Å². The molecule has 0 saturated carbocycles. The van der Waals surface area contributed by atoms with Crippen LogP contribution in [-0.4, -0.2) is 29.9 Å². The number of nitrogens with one attached hydrogen (secondary N) is 3. The van der Waals surface area contributed by atoms with Crippen LogP contribution in [0.1, 0.15) is 25.1 Å². The SMILES string of the molecule is Cc1[nH+]c2ccccc2c2c(NC(=O)C[NH+]3CCCCC3)c3ccccc3n12. The van der Waals surface area contributed by atoms with E-state index in [1.54, 1.807) is 0 Å². The van der Waals surface area contributed by atoms with Gasteiger partial charge in [-0.3, -0.25) is 4.79 Å². The first-order chi connectivity index (χ1) is 13.7. The number of para-hydroxylation sites is 2. The minimum atomic E-state index is 0.102. The van der Waals surface area contributed by atoms with E-state index in [9.17, 15) is 4.79 Å². The monoisotopic (exact) mass is 374 g/mol. The summed E-state index contributed by atoms with van der Waals surface area (Å²) in [5.41, 5.74) is 4.17. The first-order valence-corrected chi connectivity index (χ1v) is 10.2. The van der Waals surface area contributed by atoms with E-state index in [0.717, 1.165) is 51.9 Å². The van der Waals surface area contributed by atoms with Crippen LogP contribution in [0.2, 0.25) is 0 Å². The summed E-state index contributed by atoms with van der Waals surface area (Å²) in [5, 5.41) is 5.48. The molecule has 0 aliphatic carbocycles. The van der Waals surface area contributed by atoms with Gasteiger partial charge in [-0.2, -0.15) is 4.40 Å². The average Bonchev–Trinajstić information content (AvgIpc) is 3.04. The zero-order valence-corrected chi connectivity index (χ0v) is 16.2. The van der Waals surface area contributed by atoms with Crippen molar-refractivity contribution in [3.63, 3.8) is 0 Å². The number of carbonyl (C=O) groups excluding carboxylic acids is 1. The first-order valence-electron chi connectivity index (χ1n) is 10.2. The van der Waals surface area contributed by atoms with Crippen molar-refractivity contribution < 1.29 is 14.7 Å². The van der Waals surface area contributed by atoms with E-state index in [1.165, 1.54) is 24.2 Å². The van der Waals surface area contributed by atoms with Gasteiger partial charge in [-0.15, -0.1) is 0 Å². The number of anilines is 1. The van der Waals surface area contributed by atoms with Crippen LogP contribution >= 0.6 is 0 Å². The van der Waals surface area contributed by atoms with Crippen molar-refractivity contribution in [2.45, 2.75) is 26.2 Å². The van der Waals surface area contributed by atoms with Gasteiger partial charge in [-0.1, -0.05) is 24.3 Å². The highest BCUT2D eigenvalue weighted by atomic mass is 16.2. The van der Waals surface area contributed by atoms with Gasteiger partial charge >= 0.3 is 0 Å². The minimum absolute atomic E-state index is 0.102. The number of rotatable bonds is 3. The molecular formula is C23H26N4O+2. The molecule has 5 nitrogen and oxygen atoms in total.